The molecular formula is C13H20N2O2. The molecule has 3 rings (SSSR count). The van der Waals surface area contributed by atoms with Crippen LogP contribution in [-0.4, -0.2) is 28.9 Å². The van der Waals surface area contributed by atoms with Crippen LogP contribution in [0.1, 0.15) is 51.4 Å². The van der Waals surface area contributed by atoms with Crippen LogP contribution >= 0.6 is 0 Å². The lowest BCUT2D eigenvalue weighted by atomic mass is 9.82. The van der Waals surface area contributed by atoms with Crippen molar-refractivity contribution in [1.29, 1.82) is 0 Å². The lowest BCUT2D eigenvalue weighted by molar-refractivity contribution is -0.138. The Bertz CT molecular complexity index is 336. The van der Waals surface area contributed by atoms with E-state index in [0.29, 0.717) is 0 Å². The number of nitrogens with zero attached hydrogens (tertiary/aromatic N) is 1. The summed E-state index contributed by atoms with van der Waals surface area (Å²) in [4.78, 5) is 26.0. The summed E-state index contributed by atoms with van der Waals surface area (Å²) in [6.45, 7) is 0. The topological polar surface area (TPSA) is 49.4 Å². The average molecular weight is 236 g/mol. The summed E-state index contributed by atoms with van der Waals surface area (Å²) in [6.07, 6.45) is 8.48. The first-order chi connectivity index (χ1) is 8.27. The average Bonchev–Trinajstić information content (AvgIpc) is 2.83. The van der Waals surface area contributed by atoms with Crippen molar-refractivity contribution in [2.24, 2.45) is 5.92 Å². The molecule has 1 aliphatic heterocycles. The van der Waals surface area contributed by atoms with Gasteiger partial charge in [0.1, 0.15) is 0 Å². The monoisotopic (exact) mass is 236 g/mol. The van der Waals surface area contributed by atoms with E-state index in [-0.39, 0.29) is 29.9 Å². The fraction of sp³-hybridized carbons (Fsp3) is 0.846. The molecule has 0 aromatic heterocycles. The van der Waals surface area contributed by atoms with Crippen molar-refractivity contribution in [2.45, 2.75) is 63.5 Å². The van der Waals surface area contributed by atoms with Crippen LogP contribution in [0.2, 0.25) is 0 Å². The molecule has 4 heteroatoms. The van der Waals surface area contributed by atoms with Crippen molar-refractivity contribution in [3.63, 3.8) is 0 Å². The Morgan fingerprint density at radius 2 is 1.59 bits per heavy atom. The van der Waals surface area contributed by atoms with E-state index in [1.807, 2.05) is 0 Å². The molecule has 2 saturated carbocycles. The molecule has 1 N–H and O–H groups in total. The van der Waals surface area contributed by atoms with E-state index < -0.39 is 0 Å². The van der Waals surface area contributed by atoms with E-state index in [4.69, 9.17) is 0 Å². The van der Waals surface area contributed by atoms with Crippen LogP contribution in [0.4, 0.5) is 4.79 Å². The molecule has 3 aliphatic rings. The number of amides is 3. The molecule has 1 heterocycles. The van der Waals surface area contributed by atoms with Crippen molar-refractivity contribution in [3.8, 4) is 0 Å². The molecule has 2 aliphatic carbocycles. The normalized spacial score (nSPS) is 34.7. The number of carbonyl (C=O) groups is 2. The van der Waals surface area contributed by atoms with Crippen LogP contribution in [0.5, 0.6) is 0 Å². The van der Waals surface area contributed by atoms with Gasteiger partial charge < -0.3 is 5.32 Å². The molecule has 94 valence electrons. The molecule has 2 unspecified atom stereocenters. The van der Waals surface area contributed by atoms with Crippen LogP contribution in [0.15, 0.2) is 0 Å². The molecule has 0 aromatic rings. The predicted octanol–water partition coefficient (Wildman–Crippen LogP) is 2.04. The fourth-order valence-corrected chi connectivity index (χ4v) is 3.61. The van der Waals surface area contributed by atoms with E-state index in [2.05, 4.69) is 5.32 Å². The Balaban J connectivity index is 1.79. The van der Waals surface area contributed by atoms with Gasteiger partial charge in [0.15, 0.2) is 0 Å². The third kappa shape index (κ3) is 1.83. The highest BCUT2D eigenvalue weighted by atomic mass is 16.2. The number of fused-ring (bicyclic) bond motifs is 1. The fourth-order valence-electron chi connectivity index (χ4n) is 3.61. The summed E-state index contributed by atoms with van der Waals surface area (Å²) in [5.74, 6) is 0.160. The quantitative estimate of drug-likeness (QED) is 0.757. The molecule has 1 saturated heterocycles. The standard InChI is InChI=1S/C13H20N2O2/c16-12-10-7-3-4-8-11(10)14-13(17)15(12)9-5-1-2-6-9/h9-11H,1-8H2,(H,14,17). The molecule has 0 radical (unpaired) electrons. The van der Waals surface area contributed by atoms with Gasteiger partial charge in [-0.15, -0.1) is 0 Å². The highest BCUT2D eigenvalue weighted by molar-refractivity contribution is 5.99. The number of imide groups is 1. The van der Waals surface area contributed by atoms with E-state index in [9.17, 15) is 9.59 Å². The summed E-state index contributed by atoms with van der Waals surface area (Å²) in [7, 11) is 0. The molecule has 3 fully saturated rings. The number of urea groups is 1. The smallest absolute Gasteiger partial charge is 0.324 e. The van der Waals surface area contributed by atoms with Gasteiger partial charge in [0.05, 0.1) is 5.92 Å². The zero-order valence-corrected chi connectivity index (χ0v) is 10.2. The number of hydrogen-bond acceptors (Lipinski definition) is 2. The second-order valence-corrected chi connectivity index (χ2v) is 5.59. The number of nitrogens with one attached hydrogen (secondary N) is 1. The van der Waals surface area contributed by atoms with Crippen LogP contribution in [0.25, 0.3) is 0 Å². The maximum absolute atomic E-state index is 12.4. The van der Waals surface area contributed by atoms with Gasteiger partial charge in [-0.25, -0.2) is 4.79 Å². The Kier molecular flexibility index (Phi) is 2.81. The van der Waals surface area contributed by atoms with Crippen LogP contribution < -0.4 is 5.32 Å². The first-order valence-electron chi connectivity index (χ1n) is 6.91. The largest absolute Gasteiger partial charge is 0.334 e. The van der Waals surface area contributed by atoms with Crippen molar-refractivity contribution in [3.05, 3.63) is 0 Å². The van der Waals surface area contributed by atoms with Crippen molar-refractivity contribution >= 4 is 11.9 Å². The Morgan fingerprint density at radius 3 is 2.35 bits per heavy atom. The highest BCUT2D eigenvalue weighted by Crippen LogP contribution is 2.33. The maximum atomic E-state index is 12.4. The van der Waals surface area contributed by atoms with Gasteiger partial charge in [0.25, 0.3) is 0 Å². The van der Waals surface area contributed by atoms with Crippen molar-refractivity contribution < 1.29 is 9.59 Å². The summed E-state index contributed by atoms with van der Waals surface area (Å²) in [5, 5.41) is 3.04. The van der Waals surface area contributed by atoms with Gasteiger partial charge in [0, 0.05) is 12.1 Å². The van der Waals surface area contributed by atoms with E-state index in [1.54, 1.807) is 4.90 Å². The van der Waals surface area contributed by atoms with Gasteiger partial charge in [-0.3, -0.25) is 9.69 Å². The second kappa shape index (κ2) is 4.31. The van der Waals surface area contributed by atoms with Gasteiger partial charge in [-0.05, 0) is 25.7 Å². The van der Waals surface area contributed by atoms with Crippen LogP contribution in [0, 0.1) is 5.92 Å². The van der Waals surface area contributed by atoms with Crippen LogP contribution in [-0.2, 0) is 4.79 Å². The molecule has 4 nitrogen and oxygen atoms in total. The summed E-state index contributed by atoms with van der Waals surface area (Å²) in [6, 6.07) is 0.150. The molecular weight excluding hydrogens is 216 g/mol. The minimum Gasteiger partial charge on any atom is -0.334 e. The Hall–Kier alpha value is -1.06. The molecule has 0 spiro atoms. The molecule has 2 atom stereocenters. The van der Waals surface area contributed by atoms with Crippen LogP contribution in [0.3, 0.4) is 0 Å². The second-order valence-electron chi connectivity index (χ2n) is 5.59. The van der Waals surface area contributed by atoms with E-state index in [1.165, 1.54) is 0 Å². The zero-order chi connectivity index (χ0) is 11.8. The lowest BCUT2D eigenvalue weighted by Gasteiger charge is -2.42. The Morgan fingerprint density at radius 1 is 0.941 bits per heavy atom. The lowest BCUT2D eigenvalue weighted by Crippen LogP contribution is -2.62. The minimum absolute atomic E-state index is 0.0575. The van der Waals surface area contributed by atoms with Gasteiger partial charge in [0.2, 0.25) is 5.91 Å². The first kappa shape index (κ1) is 11.1. The van der Waals surface area contributed by atoms with Gasteiger partial charge in [-0.2, -0.15) is 0 Å². The van der Waals surface area contributed by atoms with E-state index >= 15 is 0 Å². The molecule has 17 heavy (non-hydrogen) atoms. The van der Waals surface area contributed by atoms with Gasteiger partial charge in [-0.1, -0.05) is 25.7 Å². The molecule has 0 aromatic carbocycles. The van der Waals surface area contributed by atoms with Crippen molar-refractivity contribution in [2.75, 3.05) is 0 Å². The van der Waals surface area contributed by atoms with E-state index in [0.717, 1.165) is 51.4 Å². The molecule has 3 amide bonds. The third-order valence-corrected chi connectivity index (χ3v) is 4.54. The summed E-state index contributed by atoms with van der Waals surface area (Å²) >= 11 is 0. The summed E-state index contributed by atoms with van der Waals surface area (Å²) < 4.78 is 0. The summed E-state index contributed by atoms with van der Waals surface area (Å²) in [5.41, 5.74) is 0. The predicted molar refractivity (Wildman–Crippen MR) is 63.4 cm³/mol. The number of rotatable bonds is 1. The van der Waals surface area contributed by atoms with Crippen molar-refractivity contribution in [1.82, 2.24) is 10.2 Å². The molecule has 0 bridgehead atoms. The maximum Gasteiger partial charge on any atom is 0.324 e. The third-order valence-electron chi connectivity index (χ3n) is 4.54. The number of hydrogen-bond donors (Lipinski definition) is 1. The minimum atomic E-state index is -0.134. The zero-order valence-electron chi connectivity index (χ0n) is 10.2. The number of carbonyl (C=O) groups excluding carboxylic acids is 2. The SMILES string of the molecule is O=C1NC2CCCCC2C(=O)N1C1CCCC1. The Labute approximate surface area is 102 Å². The first-order valence-corrected chi connectivity index (χ1v) is 6.91. The highest BCUT2D eigenvalue weighted by Gasteiger charge is 2.44. The van der Waals surface area contributed by atoms with Gasteiger partial charge >= 0.3 is 6.03 Å².